The van der Waals surface area contributed by atoms with Gasteiger partial charge in [-0.15, -0.1) is 0 Å². The fraction of sp³-hybridized carbons (Fsp3) is 0.261. The van der Waals surface area contributed by atoms with Gasteiger partial charge in [0.2, 0.25) is 0 Å². The number of halogens is 1. The largest absolute Gasteiger partial charge is 0.449 e. The second-order valence-corrected chi connectivity index (χ2v) is 7.21. The van der Waals surface area contributed by atoms with Crippen molar-refractivity contribution in [2.24, 2.45) is 0 Å². The summed E-state index contributed by atoms with van der Waals surface area (Å²) in [6, 6.07) is 18.6. The number of rotatable bonds is 7. The molecule has 1 amide bonds. The summed E-state index contributed by atoms with van der Waals surface area (Å²) in [6.07, 6.45) is -0.0403. The molecule has 6 heteroatoms. The van der Waals surface area contributed by atoms with Crippen LogP contribution in [0.1, 0.15) is 42.1 Å². The maximum Gasteiger partial charge on any atom is 0.339 e. The molecule has 1 N–H and O–H groups in total. The number of carbonyl (C=O) groups excluding carboxylic acids is 2. The third-order valence-corrected chi connectivity index (χ3v) is 5.04. The molecule has 1 heterocycles. The first kappa shape index (κ1) is 20.8. The van der Waals surface area contributed by atoms with Gasteiger partial charge in [0, 0.05) is 17.8 Å². The van der Waals surface area contributed by atoms with Crippen molar-refractivity contribution in [2.45, 2.75) is 32.3 Å². The molecule has 0 aliphatic rings. The van der Waals surface area contributed by atoms with Crippen LogP contribution in [0.4, 0.5) is 0 Å². The zero-order valence-corrected chi connectivity index (χ0v) is 17.1. The molecule has 2 atom stereocenters. The molecule has 0 radical (unpaired) electrons. The van der Waals surface area contributed by atoms with Gasteiger partial charge in [-0.1, -0.05) is 67.1 Å². The molecule has 0 bridgehead atoms. The van der Waals surface area contributed by atoms with E-state index >= 15 is 0 Å². The molecule has 3 aromatic rings. The number of amides is 1. The lowest BCUT2D eigenvalue weighted by molar-refractivity contribution is -0.129. The van der Waals surface area contributed by atoms with Gasteiger partial charge in [-0.05, 0) is 31.0 Å². The lowest BCUT2D eigenvalue weighted by atomic mass is 9.96. The number of hydrogen-bond acceptors (Lipinski definition) is 4. The zero-order chi connectivity index (χ0) is 20.8. The van der Waals surface area contributed by atoms with E-state index in [4.69, 9.17) is 16.3 Å². The van der Waals surface area contributed by atoms with Crippen molar-refractivity contribution < 1.29 is 14.3 Å². The number of nitrogens with one attached hydrogen (secondary N) is 1. The Hall–Kier alpha value is -2.92. The van der Waals surface area contributed by atoms with Crippen molar-refractivity contribution in [3.63, 3.8) is 0 Å². The van der Waals surface area contributed by atoms with E-state index < -0.39 is 12.1 Å². The summed E-state index contributed by atoms with van der Waals surface area (Å²) in [5, 5.41) is 3.71. The smallest absolute Gasteiger partial charge is 0.339 e. The monoisotopic (exact) mass is 410 g/mol. The lowest BCUT2D eigenvalue weighted by Crippen LogP contribution is -2.38. The van der Waals surface area contributed by atoms with Gasteiger partial charge in [-0.3, -0.25) is 4.79 Å². The summed E-state index contributed by atoms with van der Waals surface area (Å²) in [4.78, 5) is 29.3. The van der Waals surface area contributed by atoms with Crippen molar-refractivity contribution in [1.82, 2.24) is 10.3 Å². The average Bonchev–Trinajstić information content (AvgIpc) is 2.74. The predicted octanol–water partition coefficient (Wildman–Crippen LogP) is 4.74. The van der Waals surface area contributed by atoms with Crippen LogP contribution < -0.4 is 5.32 Å². The Morgan fingerprint density at radius 1 is 1.10 bits per heavy atom. The predicted molar refractivity (Wildman–Crippen MR) is 114 cm³/mol. The van der Waals surface area contributed by atoms with Crippen LogP contribution in [0.2, 0.25) is 5.15 Å². The van der Waals surface area contributed by atoms with Crippen LogP contribution >= 0.6 is 11.6 Å². The highest BCUT2D eigenvalue weighted by Crippen LogP contribution is 2.22. The Morgan fingerprint density at radius 2 is 1.79 bits per heavy atom. The first-order valence-electron chi connectivity index (χ1n) is 9.58. The number of nitrogens with zero attached hydrogens (tertiary/aromatic N) is 1. The number of hydrogen-bond donors (Lipinski definition) is 1. The van der Waals surface area contributed by atoms with E-state index in [1.165, 1.54) is 6.07 Å². The Labute approximate surface area is 175 Å². The highest BCUT2D eigenvalue weighted by atomic mass is 35.5. The van der Waals surface area contributed by atoms with Gasteiger partial charge >= 0.3 is 5.97 Å². The van der Waals surface area contributed by atoms with E-state index in [-0.39, 0.29) is 22.5 Å². The number of pyridine rings is 1. The van der Waals surface area contributed by atoms with Crippen LogP contribution in [0, 0.1) is 0 Å². The van der Waals surface area contributed by atoms with E-state index in [0.717, 1.165) is 12.0 Å². The van der Waals surface area contributed by atoms with Crippen molar-refractivity contribution in [3.8, 4) is 0 Å². The van der Waals surface area contributed by atoms with Crippen LogP contribution in [0.3, 0.4) is 0 Å². The molecular formula is C23H23ClN2O3. The van der Waals surface area contributed by atoms with Crippen molar-refractivity contribution in [3.05, 3.63) is 76.9 Å². The van der Waals surface area contributed by atoms with E-state index in [1.807, 2.05) is 36.4 Å². The quantitative estimate of drug-likeness (QED) is 0.451. The minimum Gasteiger partial charge on any atom is -0.449 e. The van der Waals surface area contributed by atoms with Gasteiger partial charge in [0.25, 0.3) is 5.91 Å². The number of esters is 1. The second-order valence-electron chi connectivity index (χ2n) is 6.82. The average molecular weight is 411 g/mol. The fourth-order valence-electron chi connectivity index (χ4n) is 3.18. The fourth-order valence-corrected chi connectivity index (χ4v) is 3.38. The van der Waals surface area contributed by atoms with Crippen molar-refractivity contribution >= 4 is 34.4 Å². The topological polar surface area (TPSA) is 68.3 Å². The minimum atomic E-state index is -0.929. The zero-order valence-electron chi connectivity index (χ0n) is 16.4. The minimum absolute atomic E-state index is 0.196. The number of benzene rings is 2. The van der Waals surface area contributed by atoms with Crippen molar-refractivity contribution in [1.29, 1.82) is 0 Å². The number of fused-ring (bicyclic) bond motifs is 1. The lowest BCUT2D eigenvalue weighted by Gasteiger charge is -2.19. The molecule has 0 saturated heterocycles. The van der Waals surface area contributed by atoms with Crippen molar-refractivity contribution in [2.75, 3.05) is 6.54 Å². The normalized spacial score (nSPS) is 12.9. The van der Waals surface area contributed by atoms with Crippen LogP contribution in [0.15, 0.2) is 60.7 Å². The van der Waals surface area contributed by atoms with Crippen LogP contribution in [0.25, 0.3) is 10.9 Å². The highest BCUT2D eigenvalue weighted by Gasteiger charge is 2.22. The summed E-state index contributed by atoms with van der Waals surface area (Å²) in [7, 11) is 0. The molecular weight excluding hydrogens is 388 g/mol. The number of aromatic nitrogens is 1. The Bertz CT molecular complexity index is 1010. The van der Waals surface area contributed by atoms with Gasteiger partial charge < -0.3 is 10.1 Å². The summed E-state index contributed by atoms with van der Waals surface area (Å²) in [6.45, 7) is 4.11. The molecule has 0 aliphatic carbocycles. The Morgan fingerprint density at radius 3 is 2.52 bits per heavy atom. The number of para-hydroxylation sites is 1. The van der Waals surface area contributed by atoms with Gasteiger partial charge in [0.05, 0.1) is 11.1 Å². The summed E-state index contributed by atoms with van der Waals surface area (Å²) in [5.74, 6) is -0.744. The molecule has 5 nitrogen and oxygen atoms in total. The number of carbonyl (C=O) groups is 2. The summed E-state index contributed by atoms with van der Waals surface area (Å²) < 4.78 is 5.40. The molecule has 0 aliphatic heterocycles. The Balaban J connectivity index is 1.65. The third kappa shape index (κ3) is 5.12. The van der Waals surface area contributed by atoms with E-state index in [2.05, 4.69) is 17.2 Å². The molecule has 2 aromatic carbocycles. The van der Waals surface area contributed by atoms with Crippen LogP contribution in [0.5, 0.6) is 0 Å². The maximum atomic E-state index is 12.7. The van der Waals surface area contributed by atoms with E-state index in [0.29, 0.717) is 17.4 Å². The van der Waals surface area contributed by atoms with Gasteiger partial charge in [-0.25, -0.2) is 9.78 Å². The Kier molecular flexibility index (Phi) is 6.83. The second kappa shape index (κ2) is 9.52. The first-order valence-corrected chi connectivity index (χ1v) is 9.96. The standard InChI is InChI=1S/C23H23ClN2O3/c1-3-16(17-9-5-4-6-10-17)14-25-22(27)15(2)29-23(28)19-13-21(24)26-20-12-8-7-11-18(19)20/h4-13,15-16H,3,14H2,1-2H3,(H,25,27)/t15-,16-/m0/s1. The molecule has 150 valence electrons. The van der Waals surface area contributed by atoms with Crippen LogP contribution in [-0.2, 0) is 9.53 Å². The highest BCUT2D eigenvalue weighted by molar-refractivity contribution is 6.30. The van der Waals surface area contributed by atoms with E-state index in [9.17, 15) is 9.59 Å². The van der Waals surface area contributed by atoms with Gasteiger partial charge in [0.1, 0.15) is 5.15 Å². The molecule has 0 spiro atoms. The molecule has 3 rings (SSSR count). The molecule has 0 unspecified atom stereocenters. The van der Waals surface area contributed by atoms with Gasteiger partial charge in [-0.2, -0.15) is 0 Å². The molecule has 1 aromatic heterocycles. The van der Waals surface area contributed by atoms with Crippen LogP contribution in [-0.4, -0.2) is 29.5 Å². The summed E-state index contributed by atoms with van der Waals surface area (Å²) >= 11 is 6.03. The van der Waals surface area contributed by atoms with E-state index in [1.54, 1.807) is 25.1 Å². The first-order chi connectivity index (χ1) is 14.0. The third-order valence-electron chi connectivity index (χ3n) is 4.84. The SMILES string of the molecule is CC[C@@H](CNC(=O)[C@H](C)OC(=O)c1cc(Cl)nc2ccccc12)c1ccccc1. The molecule has 29 heavy (non-hydrogen) atoms. The van der Waals surface area contributed by atoms with Gasteiger partial charge in [0.15, 0.2) is 6.10 Å². The molecule has 0 saturated carbocycles. The molecule has 0 fully saturated rings. The number of ether oxygens (including phenoxy) is 1. The summed E-state index contributed by atoms with van der Waals surface area (Å²) in [5.41, 5.74) is 2.05. The maximum absolute atomic E-state index is 12.7.